The van der Waals surface area contributed by atoms with Crippen molar-refractivity contribution in [3.05, 3.63) is 29.8 Å². The van der Waals surface area contributed by atoms with Crippen LogP contribution in [0.1, 0.15) is 31.1 Å². The molecule has 2 heteroatoms. The van der Waals surface area contributed by atoms with Crippen molar-refractivity contribution in [1.82, 2.24) is 0 Å². The fraction of sp³-hybridized carbons (Fsp3) is 0.462. The summed E-state index contributed by atoms with van der Waals surface area (Å²) in [6, 6.07) is 7.99. The van der Waals surface area contributed by atoms with E-state index in [9.17, 15) is 4.79 Å². The van der Waals surface area contributed by atoms with Crippen molar-refractivity contribution in [2.45, 2.75) is 38.9 Å². The Bertz CT molecular complexity index is 361. The van der Waals surface area contributed by atoms with E-state index in [0.717, 1.165) is 11.8 Å². The van der Waals surface area contributed by atoms with Gasteiger partial charge in [-0.15, -0.1) is 0 Å². The molecule has 0 N–H and O–H groups in total. The SMILES string of the molecule is CC(C)(C)[Si](C)(C)c1ccccc1C=O. The molecule has 82 valence electrons. The molecule has 0 saturated heterocycles. The van der Waals surface area contributed by atoms with E-state index in [4.69, 9.17) is 0 Å². The summed E-state index contributed by atoms with van der Waals surface area (Å²) in [6.45, 7) is 11.5. The van der Waals surface area contributed by atoms with E-state index in [-0.39, 0.29) is 5.04 Å². The Morgan fingerprint density at radius 1 is 1.13 bits per heavy atom. The highest BCUT2D eigenvalue weighted by atomic mass is 28.3. The number of hydrogen-bond acceptors (Lipinski definition) is 1. The number of hydrogen-bond donors (Lipinski definition) is 0. The first kappa shape index (κ1) is 12.2. The van der Waals surface area contributed by atoms with Crippen molar-refractivity contribution in [2.75, 3.05) is 0 Å². The Balaban J connectivity index is 3.32. The second kappa shape index (κ2) is 3.93. The highest BCUT2D eigenvalue weighted by molar-refractivity contribution is 6.92. The van der Waals surface area contributed by atoms with E-state index >= 15 is 0 Å². The van der Waals surface area contributed by atoms with Gasteiger partial charge in [0.15, 0.2) is 0 Å². The maximum absolute atomic E-state index is 11.0. The molecular weight excluding hydrogens is 200 g/mol. The molecule has 0 aromatic heterocycles. The maximum atomic E-state index is 11.0. The molecule has 0 aliphatic carbocycles. The minimum absolute atomic E-state index is 0.270. The summed E-state index contributed by atoms with van der Waals surface area (Å²) in [5.74, 6) is 0. The second-order valence-corrected chi connectivity index (χ2v) is 10.9. The highest BCUT2D eigenvalue weighted by Crippen LogP contribution is 2.35. The predicted molar refractivity (Wildman–Crippen MR) is 68.7 cm³/mol. The van der Waals surface area contributed by atoms with E-state index in [0.29, 0.717) is 0 Å². The lowest BCUT2D eigenvalue weighted by atomic mass is 10.2. The van der Waals surface area contributed by atoms with Crippen molar-refractivity contribution in [1.29, 1.82) is 0 Å². The molecule has 15 heavy (non-hydrogen) atoms. The van der Waals surface area contributed by atoms with E-state index in [1.165, 1.54) is 5.19 Å². The zero-order valence-corrected chi connectivity index (χ0v) is 11.3. The number of carbonyl (C=O) groups excluding carboxylic acids is 1. The molecule has 0 aliphatic rings. The molecule has 0 amide bonds. The molecule has 0 heterocycles. The van der Waals surface area contributed by atoms with Crippen molar-refractivity contribution < 1.29 is 4.79 Å². The van der Waals surface area contributed by atoms with Crippen LogP contribution in [0.4, 0.5) is 0 Å². The molecule has 0 radical (unpaired) electrons. The third-order valence-corrected chi connectivity index (χ3v) is 9.19. The fourth-order valence-corrected chi connectivity index (χ4v) is 3.76. The normalized spacial score (nSPS) is 12.6. The molecule has 0 saturated carbocycles. The van der Waals surface area contributed by atoms with E-state index in [1.807, 2.05) is 18.2 Å². The monoisotopic (exact) mass is 220 g/mol. The van der Waals surface area contributed by atoms with Crippen LogP contribution in [0.2, 0.25) is 18.1 Å². The van der Waals surface area contributed by atoms with Gasteiger partial charge in [-0.3, -0.25) is 4.79 Å². The van der Waals surface area contributed by atoms with Gasteiger partial charge >= 0.3 is 0 Å². The molecule has 1 rings (SSSR count). The topological polar surface area (TPSA) is 17.1 Å². The molecule has 0 fully saturated rings. The molecule has 0 bridgehead atoms. The third-order valence-electron chi connectivity index (χ3n) is 3.64. The van der Waals surface area contributed by atoms with Gasteiger partial charge in [0.1, 0.15) is 6.29 Å². The smallest absolute Gasteiger partial charge is 0.149 e. The van der Waals surface area contributed by atoms with Gasteiger partial charge in [-0.05, 0) is 10.2 Å². The summed E-state index contributed by atoms with van der Waals surface area (Å²) in [5.41, 5.74) is 0.865. The Morgan fingerprint density at radius 3 is 2.13 bits per heavy atom. The van der Waals surface area contributed by atoms with E-state index < -0.39 is 8.07 Å². The van der Waals surface area contributed by atoms with Crippen molar-refractivity contribution in [2.24, 2.45) is 0 Å². The third kappa shape index (κ3) is 2.20. The number of carbonyl (C=O) groups is 1. The quantitative estimate of drug-likeness (QED) is 0.552. The van der Waals surface area contributed by atoms with Crippen LogP contribution in [-0.2, 0) is 0 Å². The lowest BCUT2D eigenvalue weighted by Gasteiger charge is -2.38. The molecule has 0 unspecified atom stereocenters. The van der Waals surface area contributed by atoms with E-state index in [2.05, 4.69) is 39.9 Å². The lowest BCUT2D eigenvalue weighted by Crippen LogP contribution is -2.50. The Morgan fingerprint density at radius 2 is 1.67 bits per heavy atom. The van der Waals surface area contributed by atoms with Crippen molar-refractivity contribution in [3.8, 4) is 0 Å². The first-order chi connectivity index (χ1) is 6.80. The lowest BCUT2D eigenvalue weighted by molar-refractivity contribution is 0.112. The van der Waals surface area contributed by atoms with Crippen LogP contribution in [-0.4, -0.2) is 14.4 Å². The molecule has 1 aromatic rings. The van der Waals surface area contributed by atoms with Crippen molar-refractivity contribution in [3.63, 3.8) is 0 Å². The van der Waals surface area contributed by atoms with Crippen LogP contribution in [0, 0.1) is 0 Å². The van der Waals surface area contributed by atoms with Crippen LogP contribution in [0.25, 0.3) is 0 Å². The van der Waals surface area contributed by atoms with Crippen molar-refractivity contribution >= 4 is 19.5 Å². The Labute approximate surface area is 93.5 Å². The summed E-state index contributed by atoms with van der Waals surface area (Å²) in [7, 11) is -1.58. The van der Waals surface area contributed by atoms with Crippen LogP contribution >= 0.6 is 0 Å². The Hall–Kier alpha value is -0.893. The predicted octanol–water partition coefficient (Wildman–Crippen LogP) is 3.21. The zero-order valence-electron chi connectivity index (χ0n) is 10.3. The van der Waals surface area contributed by atoms with Gasteiger partial charge < -0.3 is 0 Å². The van der Waals surface area contributed by atoms with Gasteiger partial charge in [0.05, 0.1) is 8.07 Å². The summed E-state index contributed by atoms with van der Waals surface area (Å²) in [6.07, 6.45) is 0.982. The number of benzene rings is 1. The first-order valence-electron chi connectivity index (χ1n) is 5.35. The number of rotatable bonds is 2. The maximum Gasteiger partial charge on any atom is 0.149 e. The molecule has 0 spiro atoms. The first-order valence-corrected chi connectivity index (χ1v) is 8.35. The van der Waals surface area contributed by atoms with Gasteiger partial charge in [-0.1, -0.05) is 58.1 Å². The minimum atomic E-state index is -1.58. The minimum Gasteiger partial charge on any atom is -0.298 e. The standard InChI is InChI=1S/C13H20OSi/c1-13(2,3)15(4,5)12-9-7-6-8-11(12)10-14/h6-10H,1-5H3. The van der Waals surface area contributed by atoms with Gasteiger partial charge in [-0.2, -0.15) is 0 Å². The zero-order chi connectivity index (χ0) is 11.7. The summed E-state index contributed by atoms with van der Waals surface area (Å²) < 4.78 is 0. The summed E-state index contributed by atoms with van der Waals surface area (Å²) in [5, 5.41) is 1.54. The Kier molecular flexibility index (Phi) is 3.19. The number of aldehydes is 1. The van der Waals surface area contributed by atoms with Crippen LogP contribution in [0.5, 0.6) is 0 Å². The fourth-order valence-electron chi connectivity index (χ4n) is 1.57. The molecular formula is C13H20OSi. The van der Waals surface area contributed by atoms with Crippen LogP contribution < -0.4 is 5.19 Å². The highest BCUT2D eigenvalue weighted by Gasteiger charge is 2.37. The van der Waals surface area contributed by atoms with Gasteiger partial charge in [0, 0.05) is 5.56 Å². The summed E-state index contributed by atoms with van der Waals surface area (Å²) in [4.78, 5) is 11.0. The van der Waals surface area contributed by atoms with Gasteiger partial charge in [0.2, 0.25) is 0 Å². The van der Waals surface area contributed by atoms with Gasteiger partial charge in [0.25, 0.3) is 0 Å². The van der Waals surface area contributed by atoms with Gasteiger partial charge in [-0.25, -0.2) is 0 Å². The molecule has 0 atom stereocenters. The second-order valence-electron chi connectivity index (χ2n) is 5.58. The average Bonchev–Trinajstić information content (AvgIpc) is 2.16. The average molecular weight is 220 g/mol. The van der Waals surface area contributed by atoms with Crippen LogP contribution in [0.3, 0.4) is 0 Å². The molecule has 0 aliphatic heterocycles. The van der Waals surface area contributed by atoms with E-state index in [1.54, 1.807) is 0 Å². The molecule has 1 nitrogen and oxygen atoms in total. The molecule has 1 aromatic carbocycles. The van der Waals surface area contributed by atoms with Crippen LogP contribution in [0.15, 0.2) is 24.3 Å². The summed E-state index contributed by atoms with van der Waals surface area (Å²) >= 11 is 0. The largest absolute Gasteiger partial charge is 0.298 e.